The fourth-order valence-corrected chi connectivity index (χ4v) is 3.51. The molecule has 0 saturated heterocycles. The molecule has 2 aromatic heterocycles. The number of thiophene rings is 1. The molecule has 126 valence electrons. The Kier molecular flexibility index (Phi) is 4.77. The molecule has 0 aromatic carbocycles. The Labute approximate surface area is 144 Å². The van der Waals surface area contributed by atoms with Crippen molar-refractivity contribution in [1.29, 1.82) is 0 Å². The van der Waals surface area contributed by atoms with Crippen molar-refractivity contribution >= 4 is 39.9 Å². The van der Waals surface area contributed by atoms with Gasteiger partial charge in [-0.05, 0) is 19.1 Å². The number of aromatic nitrogens is 1. The van der Waals surface area contributed by atoms with E-state index in [9.17, 15) is 4.79 Å². The zero-order valence-corrected chi connectivity index (χ0v) is 14.6. The summed E-state index contributed by atoms with van der Waals surface area (Å²) >= 11 is 1.40. The normalized spacial score (nSPS) is 17.1. The summed E-state index contributed by atoms with van der Waals surface area (Å²) < 4.78 is 0. The predicted molar refractivity (Wildman–Crippen MR) is 96.4 cm³/mol. The molecule has 2 aromatic rings. The number of hydroxylamine groups is 1. The number of rotatable bonds is 6. The molecule has 2 N–H and O–H groups in total. The SMILES string of the molecule is CC1=CC(NC=NCc2c(C=O)sc3nccc(N(C)C)c23)NO1. The number of nitrogens with zero attached hydrogens (tertiary/aromatic N) is 3. The second kappa shape index (κ2) is 6.98. The van der Waals surface area contributed by atoms with E-state index in [0.717, 1.165) is 33.5 Å². The highest BCUT2D eigenvalue weighted by atomic mass is 32.1. The average Bonchev–Trinajstić information content (AvgIpc) is 3.14. The maximum atomic E-state index is 11.4. The van der Waals surface area contributed by atoms with Gasteiger partial charge in [-0.15, -0.1) is 16.8 Å². The van der Waals surface area contributed by atoms with Crippen LogP contribution in [0.4, 0.5) is 5.69 Å². The molecule has 1 atom stereocenters. The molecule has 0 bridgehead atoms. The first kappa shape index (κ1) is 16.4. The van der Waals surface area contributed by atoms with Crippen LogP contribution in [0.15, 0.2) is 29.1 Å². The first-order chi connectivity index (χ1) is 11.6. The summed E-state index contributed by atoms with van der Waals surface area (Å²) in [6.07, 6.45) is 6.08. The number of carbonyl (C=O) groups is 1. The third-order valence-corrected chi connectivity index (χ3v) is 4.70. The van der Waals surface area contributed by atoms with E-state index in [2.05, 4.69) is 20.8 Å². The number of hydrogen-bond donors (Lipinski definition) is 2. The van der Waals surface area contributed by atoms with Crippen molar-refractivity contribution in [1.82, 2.24) is 15.8 Å². The summed E-state index contributed by atoms with van der Waals surface area (Å²) in [4.78, 5) is 28.9. The van der Waals surface area contributed by atoms with Crippen LogP contribution >= 0.6 is 11.3 Å². The van der Waals surface area contributed by atoms with Crippen molar-refractivity contribution in [3.8, 4) is 0 Å². The van der Waals surface area contributed by atoms with Gasteiger partial charge in [-0.25, -0.2) is 4.98 Å². The van der Waals surface area contributed by atoms with Crippen LogP contribution in [0.2, 0.25) is 0 Å². The molecule has 3 heterocycles. The van der Waals surface area contributed by atoms with Gasteiger partial charge in [0, 0.05) is 36.9 Å². The minimum absolute atomic E-state index is 0.0995. The number of anilines is 1. The Bertz CT molecular complexity index is 812. The quantitative estimate of drug-likeness (QED) is 0.474. The lowest BCUT2D eigenvalue weighted by Crippen LogP contribution is -2.35. The van der Waals surface area contributed by atoms with Gasteiger partial charge in [0.25, 0.3) is 0 Å². The monoisotopic (exact) mass is 345 g/mol. The lowest BCUT2D eigenvalue weighted by atomic mass is 10.1. The minimum Gasteiger partial charge on any atom is -0.411 e. The summed E-state index contributed by atoms with van der Waals surface area (Å²) in [6, 6.07) is 1.95. The molecule has 0 fully saturated rings. The van der Waals surface area contributed by atoms with Crippen LogP contribution in [0.1, 0.15) is 22.2 Å². The summed E-state index contributed by atoms with van der Waals surface area (Å²) in [6.45, 7) is 2.28. The van der Waals surface area contributed by atoms with Crippen LogP contribution in [0, 0.1) is 0 Å². The van der Waals surface area contributed by atoms with E-state index in [1.165, 1.54) is 11.3 Å². The lowest BCUT2D eigenvalue weighted by Gasteiger charge is -2.14. The number of fused-ring (bicyclic) bond motifs is 1. The molecular formula is C16H19N5O2S. The van der Waals surface area contributed by atoms with E-state index >= 15 is 0 Å². The zero-order chi connectivity index (χ0) is 17.1. The number of pyridine rings is 1. The second-order valence-electron chi connectivity index (χ2n) is 5.58. The molecule has 3 rings (SSSR count). The zero-order valence-electron chi connectivity index (χ0n) is 13.7. The van der Waals surface area contributed by atoms with Crippen LogP contribution < -0.4 is 15.7 Å². The maximum absolute atomic E-state index is 11.4. The van der Waals surface area contributed by atoms with Gasteiger partial charge in [-0.2, -0.15) is 0 Å². The van der Waals surface area contributed by atoms with Crippen LogP contribution in [-0.4, -0.2) is 37.9 Å². The largest absolute Gasteiger partial charge is 0.411 e. The van der Waals surface area contributed by atoms with Crippen molar-refractivity contribution in [2.45, 2.75) is 19.6 Å². The Morgan fingerprint density at radius 3 is 3.04 bits per heavy atom. The number of hydrogen-bond acceptors (Lipinski definition) is 7. The second-order valence-corrected chi connectivity index (χ2v) is 6.61. The van der Waals surface area contributed by atoms with E-state index in [1.807, 2.05) is 38.1 Å². The van der Waals surface area contributed by atoms with Gasteiger partial charge in [-0.3, -0.25) is 9.79 Å². The standard InChI is InChI=1S/C16H19N5O2S/c1-10-6-14(20-23-10)19-9-17-7-11-13(8-22)24-16-15(11)12(21(2)3)4-5-18-16/h4-6,8-9,14,20H,7H2,1-3H3,(H,17,19). The van der Waals surface area contributed by atoms with E-state index in [1.54, 1.807) is 12.5 Å². The van der Waals surface area contributed by atoms with E-state index < -0.39 is 0 Å². The average molecular weight is 345 g/mol. The molecule has 1 unspecified atom stereocenters. The van der Waals surface area contributed by atoms with Gasteiger partial charge in [0.2, 0.25) is 0 Å². The Morgan fingerprint density at radius 1 is 1.54 bits per heavy atom. The summed E-state index contributed by atoms with van der Waals surface area (Å²) in [7, 11) is 3.95. The Balaban J connectivity index is 1.84. The van der Waals surface area contributed by atoms with Crippen molar-refractivity contribution in [3.05, 3.63) is 34.5 Å². The van der Waals surface area contributed by atoms with Gasteiger partial charge < -0.3 is 15.1 Å². The molecule has 24 heavy (non-hydrogen) atoms. The molecule has 7 nitrogen and oxygen atoms in total. The van der Waals surface area contributed by atoms with Crippen molar-refractivity contribution in [3.63, 3.8) is 0 Å². The molecule has 0 amide bonds. The smallest absolute Gasteiger partial charge is 0.160 e. The van der Waals surface area contributed by atoms with Crippen LogP contribution in [0.25, 0.3) is 10.2 Å². The number of aliphatic imine (C=N–C) groups is 1. The molecule has 8 heteroatoms. The summed E-state index contributed by atoms with van der Waals surface area (Å²) in [5.41, 5.74) is 4.75. The van der Waals surface area contributed by atoms with Crippen LogP contribution in [0.3, 0.4) is 0 Å². The van der Waals surface area contributed by atoms with Crippen molar-refractivity contribution in [2.75, 3.05) is 19.0 Å². The van der Waals surface area contributed by atoms with E-state index in [-0.39, 0.29) is 6.17 Å². The van der Waals surface area contributed by atoms with Gasteiger partial charge in [0.05, 0.1) is 17.8 Å². The maximum Gasteiger partial charge on any atom is 0.160 e. The van der Waals surface area contributed by atoms with Crippen LogP contribution in [0.5, 0.6) is 0 Å². The Hall–Kier alpha value is -2.45. The lowest BCUT2D eigenvalue weighted by molar-refractivity contribution is 0.112. The molecule has 0 spiro atoms. The predicted octanol–water partition coefficient (Wildman–Crippen LogP) is 2.06. The van der Waals surface area contributed by atoms with E-state index in [0.29, 0.717) is 11.4 Å². The number of nitrogens with one attached hydrogen (secondary N) is 2. The number of aldehydes is 1. The highest BCUT2D eigenvalue weighted by molar-refractivity contribution is 7.20. The number of allylic oxidation sites excluding steroid dienone is 1. The first-order valence-corrected chi connectivity index (χ1v) is 8.30. The fourth-order valence-electron chi connectivity index (χ4n) is 2.52. The molecule has 0 saturated carbocycles. The first-order valence-electron chi connectivity index (χ1n) is 7.48. The molecule has 1 aliphatic rings. The topological polar surface area (TPSA) is 78.9 Å². The van der Waals surface area contributed by atoms with Crippen LogP contribution in [-0.2, 0) is 11.4 Å². The fraction of sp³-hybridized carbons (Fsp3) is 0.312. The minimum atomic E-state index is -0.0995. The third kappa shape index (κ3) is 3.24. The van der Waals surface area contributed by atoms with Crippen molar-refractivity contribution < 1.29 is 9.63 Å². The molecular weight excluding hydrogens is 326 g/mol. The highest BCUT2D eigenvalue weighted by Gasteiger charge is 2.16. The Morgan fingerprint density at radius 2 is 2.38 bits per heavy atom. The molecule has 0 radical (unpaired) electrons. The molecule has 0 aliphatic carbocycles. The van der Waals surface area contributed by atoms with Gasteiger partial charge >= 0.3 is 0 Å². The van der Waals surface area contributed by atoms with Gasteiger partial charge in [-0.1, -0.05) is 0 Å². The third-order valence-electron chi connectivity index (χ3n) is 3.63. The number of carbonyl (C=O) groups excluding carboxylic acids is 1. The summed E-state index contributed by atoms with van der Waals surface area (Å²) in [5.74, 6) is 0.815. The highest BCUT2D eigenvalue weighted by Crippen LogP contribution is 2.35. The van der Waals surface area contributed by atoms with E-state index in [4.69, 9.17) is 4.84 Å². The molecule has 1 aliphatic heterocycles. The van der Waals surface area contributed by atoms with Gasteiger partial charge in [0.1, 0.15) is 16.8 Å². The summed E-state index contributed by atoms with van der Waals surface area (Å²) in [5, 5.41) is 4.07. The van der Waals surface area contributed by atoms with Gasteiger partial charge in [0.15, 0.2) is 6.29 Å². The van der Waals surface area contributed by atoms with Crippen molar-refractivity contribution in [2.24, 2.45) is 4.99 Å².